The molecular weight excluding hydrogens is 348 g/mol. The molecule has 2 aromatic carbocycles. The van der Waals surface area contributed by atoms with Gasteiger partial charge in [-0.05, 0) is 30.0 Å². The summed E-state index contributed by atoms with van der Waals surface area (Å²) in [6.45, 7) is 5.97. The minimum absolute atomic E-state index is 0.541. The molecule has 1 heterocycles. The molecule has 28 heavy (non-hydrogen) atoms. The maximum Gasteiger partial charge on any atom is 0.225 e. The highest BCUT2D eigenvalue weighted by atomic mass is 16.5. The van der Waals surface area contributed by atoms with Crippen molar-refractivity contribution in [1.82, 2.24) is 9.97 Å². The number of ether oxygens (including phenoxy) is 1. The van der Waals surface area contributed by atoms with Gasteiger partial charge >= 0.3 is 0 Å². The molecule has 0 spiro atoms. The molecule has 5 heteroatoms. The van der Waals surface area contributed by atoms with Gasteiger partial charge in [-0.2, -0.15) is 4.98 Å². The highest BCUT2D eigenvalue weighted by Gasteiger charge is 2.07. The summed E-state index contributed by atoms with van der Waals surface area (Å²) in [5, 5.41) is 6.78. The van der Waals surface area contributed by atoms with Crippen molar-refractivity contribution in [3.63, 3.8) is 0 Å². The Kier molecular flexibility index (Phi) is 6.84. The Labute approximate surface area is 167 Å². The van der Waals surface area contributed by atoms with Crippen molar-refractivity contribution in [2.75, 3.05) is 30.8 Å². The van der Waals surface area contributed by atoms with Gasteiger partial charge in [-0.1, -0.05) is 56.3 Å². The van der Waals surface area contributed by atoms with E-state index in [4.69, 9.17) is 9.72 Å². The molecule has 0 saturated carbocycles. The quantitative estimate of drug-likeness (QED) is 0.558. The number of anilines is 2. The van der Waals surface area contributed by atoms with Gasteiger partial charge in [0, 0.05) is 24.7 Å². The monoisotopic (exact) mass is 376 g/mol. The lowest BCUT2D eigenvalue weighted by atomic mass is 10.1. The number of hydrogen-bond donors (Lipinski definition) is 2. The molecule has 0 unspecified atom stereocenters. The van der Waals surface area contributed by atoms with Crippen LogP contribution < -0.4 is 15.4 Å². The molecule has 0 aliphatic carbocycles. The molecule has 0 aliphatic heterocycles. The number of benzene rings is 2. The van der Waals surface area contributed by atoms with Crippen LogP contribution in [0.5, 0.6) is 5.75 Å². The van der Waals surface area contributed by atoms with E-state index in [1.165, 1.54) is 5.56 Å². The van der Waals surface area contributed by atoms with E-state index in [9.17, 15) is 0 Å². The van der Waals surface area contributed by atoms with Gasteiger partial charge in [-0.15, -0.1) is 0 Å². The molecule has 1 aromatic heterocycles. The van der Waals surface area contributed by atoms with Crippen molar-refractivity contribution >= 4 is 11.8 Å². The van der Waals surface area contributed by atoms with Crippen LogP contribution in [0, 0.1) is 5.92 Å². The summed E-state index contributed by atoms with van der Waals surface area (Å²) >= 11 is 0. The second-order valence-corrected chi connectivity index (χ2v) is 7.13. The summed E-state index contributed by atoms with van der Waals surface area (Å²) in [5.41, 5.74) is 3.20. The Morgan fingerprint density at radius 2 is 1.75 bits per heavy atom. The molecule has 3 aromatic rings. The minimum atomic E-state index is 0.541. The van der Waals surface area contributed by atoms with Gasteiger partial charge in [0.15, 0.2) is 0 Å². The molecule has 0 bridgehead atoms. The van der Waals surface area contributed by atoms with Gasteiger partial charge < -0.3 is 15.4 Å². The Morgan fingerprint density at radius 3 is 2.50 bits per heavy atom. The summed E-state index contributed by atoms with van der Waals surface area (Å²) in [7, 11) is 1.69. The first kappa shape index (κ1) is 19.7. The maximum atomic E-state index is 5.29. The van der Waals surface area contributed by atoms with Crippen LogP contribution >= 0.6 is 0 Å². The fourth-order valence-corrected chi connectivity index (χ4v) is 2.83. The maximum absolute atomic E-state index is 5.29. The zero-order chi connectivity index (χ0) is 19.8. The summed E-state index contributed by atoms with van der Waals surface area (Å²) < 4.78 is 5.29. The zero-order valence-electron chi connectivity index (χ0n) is 16.8. The third-order valence-electron chi connectivity index (χ3n) is 4.32. The van der Waals surface area contributed by atoms with Crippen molar-refractivity contribution in [2.24, 2.45) is 5.92 Å². The van der Waals surface area contributed by atoms with Crippen LogP contribution in [-0.2, 0) is 6.42 Å². The van der Waals surface area contributed by atoms with Crippen LogP contribution in [0.25, 0.3) is 11.3 Å². The molecule has 0 fully saturated rings. The molecule has 0 saturated heterocycles. The third-order valence-corrected chi connectivity index (χ3v) is 4.32. The van der Waals surface area contributed by atoms with Crippen molar-refractivity contribution in [3.8, 4) is 17.0 Å². The van der Waals surface area contributed by atoms with Gasteiger partial charge in [0.05, 0.1) is 12.8 Å². The number of aromatic nitrogens is 2. The van der Waals surface area contributed by atoms with E-state index in [1.807, 2.05) is 36.4 Å². The van der Waals surface area contributed by atoms with Crippen molar-refractivity contribution in [3.05, 3.63) is 66.2 Å². The van der Waals surface area contributed by atoms with Crippen LogP contribution in [0.15, 0.2) is 60.7 Å². The molecule has 3 rings (SSSR count). The fourth-order valence-electron chi connectivity index (χ4n) is 2.83. The summed E-state index contributed by atoms with van der Waals surface area (Å²) in [4.78, 5) is 9.35. The molecular formula is C23H28N4O. The summed E-state index contributed by atoms with van der Waals surface area (Å²) in [6.07, 6.45) is 0.866. The third kappa shape index (κ3) is 5.71. The smallest absolute Gasteiger partial charge is 0.225 e. The highest BCUT2D eigenvalue weighted by molar-refractivity contribution is 5.64. The minimum Gasteiger partial charge on any atom is -0.497 e. The normalized spacial score (nSPS) is 10.7. The van der Waals surface area contributed by atoms with Crippen LogP contribution in [-0.4, -0.2) is 30.2 Å². The Hall–Kier alpha value is -3.08. The van der Waals surface area contributed by atoms with Crippen LogP contribution in [0.3, 0.4) is 0 Å². The fraction of sp³-hybridized carbons (Fsp3) is 0.304. The first-order valence-electron chi connectivity index (χ1n) is 9.69. The van der Waals surface area contributed by atoms with Crippen molar-refractivity contribution in [1.29, 1.82) is 0 Å². The van der Waals surface area contributed by atoms with Gasteiger partial charge in [0.25, 0.3) is 0 Å². The van der Waals surface area contributed by atoms with Gasteiger partial charge in [0.2, 0.25) is 5.95 Å². The van der Waals surface area contributed by atoms with Crippen LogP contribution in [0.4, 0.5) is 11.8 Å². The average Bonchev–Trinajstić information content (AvgIpc) is 2.73. The molecule has 146 valence electrons. The van der Waals surface area contributed by atoms with Crippen molar-refractivity contribution < 1.29 is 4.74 Å². The summed E-state index contributed by atoms with van der Waals surface area (Å²) in [6, 6.07) is 20.3. The van der Waals surface area contributed by atoms with Crippen LogP contribution in [0.2, 0.25) is 0 Å². The first-order valence-corrected chi connectivity index (χ1v) is 9.69. The second kappa shape index (κ2) is 9.74. The molecule has 5 nitrogen and oxygen atoms in total. The molecule has 0 aliphatic rings. The van der Waals surface area contributed by atoms with Gasteiger partial charge in [0.1, 0.15) is 11.6 Å². The lowest BCUT2D eigenvalue weighted by molar-refractivity contribution is 0.414. The molecule has 0 radical (unpaired) electrons. The Bertz CT molecular complexity index is 881. The SMILES string of the molecule is COc1cccc(CCNc2nc(NCC(C)C)cc(-c3ccccc3)n2)c1. The average molecular weight is 377 g/mol. The predicted molar refractivity (Wildman–Crippen MR) is 116 cm³/mol. The molecule has 2 N–H and O–H groups in total. The predicted octanol–water partition coefficient (Wildman–Crippen LogP) is 4.87. The second-order valence-electron chi connectivity index (χ2n) is 7.13. The standard InChI is InChI=1S/C23H28N4O/c1-17(2)16-25-22-15-21(19-9-5-4-6-10-19)26-23(27-22)24-13-12-18-8-7-11-20(14-18)28-3/h4-11,14-15,17H,12-13,16H2,1-3H3,(H2,24,25,26,27). The number of hydrogen-bond acceptors (Lipinski definition) is 5. The van der Waals surface area contributed by atoms with E-state index in [2.05, 4.69) is 53.7 Å². The number of nitrogens with one attached hydrogen (secondary N) is 2. The lowest BCUT2D eigenvalue weighted by Crippen LogP contribution is -2.13. The Balaban J connectivity index is 1.73. The van der Waals surface area contributed by atoms with Crippen molar-refractivity contribution in [2.45, 2.75) is 20.3 Å². The Morgan fingerprint density at radius 1 is 0.929 bits per heavy atom. The molecule has 0 atom stereocenters. The van der Waals surface area contributed by atoms with E-state index in [0.29, 0.717) is 11.9 Å². The van der Waals surface area contributed by atoms with Crippen LogP contribution in [0.1, 0.15) is 19.4 Å². The van der Waals surface area contributed by atoms with E-state index in [1.54, 1.807) is 7.11 Å². The van der Waals surface area contributed by atoms with E-state index < -0.39 is 0 Å². The van der Waals surface area contributed by atoms with E-state index >= 15 is 0 Å². The van der Waals surface area contributed by atoms with E-state index in [0.717, 1.165) is 42.3 Å². The van der Waals surface area contributed by atoms with Gasteiger partial charge in [-0.3, -0.25) is 0 Å². The summed E-state index contributed by atoms with van der Waals surface area (Å²) in [5.74, 6) is 2.89. The van der Waals surface area contributed by atoms with Gasteiger partial charge in [-0.25, -0.2) is 4.98 Å². The van der Waals surface area contributed by atoms with E-state index in [-0.39, 0.29) is 0 Å². The molecule has 0 amide bonds. The number of nitrogens with zero attached hydrogens (tertiary/aromatic N) is 2. The first-order chi connectivity index (χ1) is 13.6. The number of rotatable bonds is 9. The lowest BCUT2D eigenvalue weighted by Gasteiger charge is -2.13. The topological polar surface area (TPSA) is 59.1 Å². The largest absolute Gasteiger partial charge is 0.497 e. The number of methoxy groups -OCH3 is 1. The highest BCUT2D eigenvalue weighted by Crippen LogP contribution is 2.21. The zero-order valence-corrected chi connectivity index (χ0v) is 16.8.